The van der Waals surface area contributed by atoms with Crippen LogP contribution in [0.15, 0.2) is 12.2 Å². The van der Waals surface area contributed by atoms with Crippen LogP contribution < -0.4 is 0 Å². The Bertz CT molecular complexity index is 423. The van der Waals surface area contributed by atoms with Crippen LogP contribution in [-0.2, 0) is 33.4 Å². The molecule has 0 saturated carbocycles. The van der Waals surface area contributed by atoms with Crippen LogP contribution in [0.4, 0.5) is 0 Å². The summed E-state index contributed by atoms with van der Waals surface area (Å²) in [5.74, 6) is -4.44. The first-order valence-corrected chi connectivity index (χ1v) is 5.56. The van der Waals surface area contributed by atoms with Gasteiger partial charge in [-0.3, -0.25) is 19.2 Å². The van der Waals surface area contributed by atoms with Crippen LogP contribution in [0, 0.1) is 5.41 Å². The lowest BCUT2D eigenvalue weighted by Gasteiger charge is -2.22. The fourth-order valence-electron chi connectivity index (χ4n) is 1.11. The van der Waals surface area contributed by atoms with Gasteiger partial charge in [-0.2, -0.15) is 0 Å². The van der Waals surface area contributed by atoms with Crippen LogP contribution in [0.2, 0.25) is 0 Å². The van der Waals surface area contributed by atoms with E-state index in [0.717, 1.165) is 26.8 Å². The van der Waals surface area contributed by atoms with Gasteiger partial charge < -0.3 is 19.3 Å². The number of carbonyl (C=O) groups is 4. The Labute approximate surface area is 115 Å². The number of carbonyl (C=O) groups excluding carboxylic acids is 3. The lowest BCUT2D eigenvalue weighted by Crippen LogP contribution is -2.40. The van der Waals surface area contributed by atoms with E-state index in [4.69, 9.17) is 5.11 Å². The SMILES string of the molecule is CC=CC(C)(C(=O)O)C(=O)OC(OC(C)=O)OC(C)=O. The maximum Gasteiger partial charge on any atom is 0.412 e. The number of carboxylic acids is 1. The van der Waals surface area contributed by atoms with Crippen LogP contribution in [0.5, 0.6) is 0 Å². The van der Waals surface area contributed by atoms with E-state index < -0.39 is 35.8 Å². The van der Waals surface area contributed by atoms with Crippen molar-refractivity contribution in [1.29, 1.82) is 0 Å². The molecule has 8 nitrogen and oxygen atoms in total. The number of hydrogen-bond donors (Lipinski definition) is 1. The molecule has 20 heavy (non-hydrogen) atoms. The second-order valence-corrected chi connectivity index (χ2v) is 3.92. The van der Waals surface area contributed by atoms with E-state index in [9.17, 15) is 19.2 Å². The number of esters is 3. The number of rotatable bonds is 6. The first kappa shape index (κ1) is 17.6. The van der Waals surface area contributed by atoms with Gasteiger partial charge in [-0.1, -0.05) is 12.2 Å². The Kier molecular flexibility index (Phi) is 6.40. The van der Waals surface area contributed by atoms with Crippen molar-refractivity contribution < 1.29 is 38.5 Å². The molecule has 1 atom stereocenters. The number of hydrogen-bond acceptors (Lipinski definition) is 7. The Hall–Kier alpha value is -2.38. The molecule has 0 heterocycles. The first-order chi connectivity index (χ1) is 9.13. The molecule has 0 saturated heterocycles. The highest BCUT2D eigenvalue weighted by Crippen LogP contribution is 2.22. The molecule has 1 unspecified atom stereocenters. The van der Waals surface area contributed by atoms with Crippen LogP contribution >= 0.6 is 0 Å². The first-order valence-electron chi connectivity index (χ1n) is 5.56. The van der Waals surface area contributed by atoms with Crippen LogP contribution in [0.1, 0.15) is 27.7 Å². The highest BCUT2D eigenvalue weighted by molar-refractivity contribution is 6.01. The second-order valence-electron chi connectivity index (χ2n) is 3.92. The normalized spacial score (nSPS) is 13.7. The summed E-state index contributed by atoms with van der Waals surface area (Å²) in [5.41, 5.74) is -1.99. The third-order valence-electron chi connectivity index (χ3n) is 2.10. The summed E-state index contributed by atoms with van der Waals surface area (Å²) in [5, 5.41) is 9.04. The molecule has 0 aromatic carbocycles. The predicted octanol–water partition coefficient (Wildman–Crippen LogP) is 0.606. The topological polar surface area (TPSA) is 116 Å². The van der Waals surface area contributed by atoms with E-state index in [2.05, 4.69) is 14.2 Å². The summed E-state index contributed by atoms with van der Waals surface area (Å²) in [6, 6.07) is 0. The van der Waals surface area contributed by atoms with Gasteiger partial charge in [-0.25, -0.2) is 0 Å². The number of aliphatic carboxylic acids is 1. The van der Waals surface area contributed by atoms with E-state index in [1.807, 2.05) is 0 Å². The molecule has 0 aromatic heterocycles. The van der Waals surface area contributed by atoms with Crippen LogP contribution in [0.3, 0.4) is 0 Å². The van der Waals surface area contributed by atoms with E-state index in [0.29, 0.717) is 0 Å². The van der Waals surface area contributed by atoms with Gasteiger partial charge in [0.05, 0.1) is 0 Å². The van der Waals surface area contributed by atoms with E-state index >= 15 is 0 Å². The molecule has 0 amide bonds. The van der Waals surface area contributed by atoms with Gasteiger partial charge in [0.1, 0.15) is 0 Å². The molecule has 0 aromatic rings. The van der Waals surface area contributed by atoms with Crippen molar-refractivity contribution in [2.24, 2.45) is 5.41 Å². The molecule has 0 aliphatic carbocycles. The molecule has 112 valence electrons. The van der Waals surface area contributed by atoms with E-state index in [-0.39, 0.29) is 0 Å². The van der Waals surface area contributed by atoms with Crippen molar-refractivity contribution >= 4 is 23.9 Å². The fraction of sp³-hybridized carbons (Fsp3) is 0.500. The monoisotopic (exact) mass is 288 g/mol. The summed E-state index contributed by atoms with van der Waals surface area (Å²) in [7, 11) is 0. The predicted molar refractivity (Wildman–Crippen MR) is 64.0 cm³/mol. The van der Waals surface area contributed by atoms with Gasteiger partial charge in [0.15, 0.2) is 5.41 Å². The summed E-state index contributed by atoms with van der Waals surface area (Å²) >= 11 is 0. The van der Waals surface area contributed by atoms with Gasteiger partial charge in [-0.15, -0.1) is 0 Å². The second kappa shape index (κ2) is 7.27. The molecule has 0 spiro atoms. The van der Waals surface area contributed by atoms with Gasteiger partial charge >= 0.3 is 30.4 Å². The quantitative estimate of drug-likeness (QED) is 0.327. The van der Waals surface area contributed by atoms with Crippen molar-refractivity contribution in [2.75, 3.05) is 0 Å². The fourth-order valence-corrected chi connectivity index (χ4v) is 1.11. The average molecular weight is 288 g/mol. The number of carboxylic acid groups (broad SMARTS) is 1. The van der Waals surface area contributed by atoms with Crippen LogP contribution in [0.25, 0.3) is 0 Å². The molecule has 0 aliphatic heterocycles. The molecule has 0 bridgehead atoms. The van der Waals surface area contributed by atoms with Crippen molar-refractivity contribution in [1.82, 2.24) is 0 Å². The van der Waals surface area contributed by atoms with Crippen molar-refractivity contribution in [3.05, 3.63) is 12.2 Å². The summed E-state index contributed by atoms with van der Waals surface area (Å²) < 4.78 is 13.5. The van der Waals surface area contributed by atoms with Gasteiger partial charge in [0.25, 0.3) is 0 Å². The van der Waals surface area contributed by atoms with Crippen molar-refractivity contribution in [3.63, 3.8) is 0 Å². The summed E-state index contributed by atoms with van der Waals surface area (Å²) in [6.45, 7) is 2.70. The molecule has 8 heteroatoms. The number of ether oxygens (including phenoxy) is 3. The minimum Gasteiger partial charge on any atom is -0.480 e. The van der Waals surface area contributed by atoms with Gasteiger partial charge in [-0.05, 0) is 13.8 Å². The van der Waals surface area contributed by atoms with E-state index in [1.165, 1.54) is 13.0 Å². The maximum atomic E-state index is 11.8. The highest BCUT2D eigenvalue weighted by Gasteiger charge is 2.42. The summed E-state index contributed by atoms with van der Waals surface area (Å²) in [4.78, 5) is 44.5. The Morgan fingerprint density at radius 1 is 1.05 bits per heavy atom. The molecule has 0 fully saturated rings. The molecule has 0 aliphatic rings. The molecule has 1 N–H and O–H groups in total. The zero-order valence-electron chi connectivity index (χ0n) is 11.5. The van der Waals surface area contributed by atoms with Crippen molar-refractivity contribution in [2.45, 2.75) is 34.2 Å². The third-order valence-corrected chi connectivity index (χ3v) is 2.10. The van der Waals surface area contributed by atoms with Crippen molar-refractivity contribution in [3.8, 4) is 0 Å². The minimum atomic E-state index is -1.99. The van der Waals surface area contributed by atoms with Gasteiger partial charge in [0, 0.05) is 13.8 Å². The average Bonchev–Trinajstić information content (AvgIpc) is 2.26. The third kappa shape index (κ3) is 5.09. The largest absolute Gasteiger partial charge is 0.480 e. The minimum absolute atomic E-state index is 0.868. The van der Waals surface area contributed by atoms with Gasteiger partial charge in [0.2, 0.25) is 0 Å². The molecular weight excluding hydrogens is 272 g/mol. The maximum absolute atomic E-state index is 11.8. The Balaban J connectivity index is 5.10. The van der Waals surface area contributed by atoms with Crippen LogP contribution in [-0.4, -0.2) is 35.5 Å². The van der Waals surface area contributed by atoms with E-state index in [1.54, 1.807) is 0 Å². The number of allylic oxidation sites excluding steroid dienone is 1. The summed E-state index contributed by atoms with van der Waals surface area (Å²) in [6.07, 6.45) is 2.44. The lowest BCUT2D eigenvalue weighted by atomic mass is 9.90. The zero-order valence-corrected chi connectivity index (χ0v) is 11.5. The standard InChI is InChI=1S/C12H16O8/c1-5-6-12(4,9(15)16)10(17)20-11(18-7(2)13)19-8(3)14/h5-6,11H,1-4H3,(H,15,16). The Morgan fingerprint density at radius 2 is 1.50 bits per heavy atom. The smallest absolute Gasteiger partial charge is 0.412 e. The highest BCUT2D eigenvalue weighted by atomic mass is 16.9. The molecule has 0 rings (SSSR count). The lowest BCUT2D eigenvalue weighted by molar-refractivity contribution is -0.258. The molecule has 0 radical (unpaired) electrons. The molecular formula is C12H16O8. The Morgan fingerprint density at radius 3 is 1.80 bits per heavy atom. The zero-order chi connectivity index (χ0) is 15.9.